The van der Waals surface area contributed by atoms with Crippen LogP contribution in [-0.2, 0) is 16.1 Å². The van der Waals surface area contributed by atoms with Crippen LogP contribution in [0.15, 0.2) is 57.3 Å². The number of hydrogen-bond donors (Lipinski definition) is 2. The normalized spacial score (nSPS) is 14.6. The van der Waals surface area contributed by atoms with E-state index in [1.54, 1.807) is 10.6 Å². The number of halogens is 2. The van der Waals surface area contributed by atoms with Gasteiger partial charge in [0.2, 0.25) is 0 Å². The number of carbonyl (C=O) groups is 2. The standard InChI is InChI=1S/C24H19Cl2N3O5/c1-2-34-16-6-3-13(4-7-16)11-14-9-10-29-21(14)28-18-12-15(5-8-17(18)23(29)31)27-22(30)19(25)20(26)24(32)33/h3-8,11-12H,2,9-10H2,1H3,(H,27,30)(H,32,33). The van der Waals surface area contributed by atoms with E-state index < -0.39 is 21.9 Å². The number of aliphatic carboxylic acids is 1. The van der Waals surface area contributed by atoms with E-state index in [-0.39, 0.29) is 11.2 Å². The van der Waals surface area contributed by atoms with Crippen LogP contribution in [0.5, 0.6) is 5.75 Å². The highest BCUT2D eigenvalue weighted by Crippen LogP contribution is 2.29. The molecule has 1 amide bonds. The summed E-state index contributed by atoms with van der Waals surface area (Å²) in [5.74, 6) is -1.06. The van der Waals surface area contributed by atoms with Gasteiger partial charge in [0.25, 0.3) is 11.5 Å². The molecule has 1 aliphatic heterocycles. The van der Waals surface area contributed by atoms with Crippen LogP contribution in [-0.4, -0.2) is 33.1 Å². The van der Waals surface area contributed by atoms with Crippen molar-refractivity contribution in [2.75, 3.05) is 11.9 Å². The lowest BCUT2D eigenvalue weighted by molar-refractivity contribution is -0.132. The van der Waals surface area contributed by atoms with Crippen LogP contribution in [0.2, 0.25) is 0 Å². The van der Waals surface area contributed by atoms with Crippen molar-refractivity contribution in [2.24, 2.45) is 0 Å². The van der Waals surface area contributed by atoms with Crippen LogP contribution in [0.1, 0.15) is 24.7 Å². The largest absolute Gasteiger partial charge is 0.494 e. The van der Waals surface area contributed by atoms with Gasteiger partial charge in [0.15, 0.2) is 0 Å². The molecule has 34 heavy (non-hydrogen) atoms. The number of anilines is 1. The number of benzene rings is 2. The molecule has 0 bridgehead atoms. The van der Waals surface area contributed by atoms with E-state index in [4.69, 9.17) is 33.0 Å². The molecule has 1 aliphatic rings. The summed E-state index contributed by atoms with van der Waals surface area (Å²) < 4.78 is 7.11. The van der Waals surface area contributed by atoms with Crippen molar-refractivity contribution < 1.29 is 19.4 Å². The van der Waals surface area contributed by atoms with Crippen LogP contribution in [0.3, 0.4) is 0 Å². The second kappa shape index (κ2) is 9.70. The van der Waals surface area contributed by atoms with Gasteiger partial charge in [-0.1, -0.05) is 35.3 Å². The van der Waals surface area contributed by atoms with E-state index in [1.165, 1.54) is 12.1 Å². The molecule has 0 unspecified atom stereocenters. The molecule has 2 aromatic carbocycles. The first-order valence-electron chi connectivity index (χ1n) is 10.4. The van der Waals surface area contributed by atoms with Gasteiger partial charge in [0.1, 0.15) is 21.6 Å². The van der Waals surface area contributed by atoms with Gasteiger partial charge < -0.3 is 15.2 Å². The molecular weight excluding hydrogens is 481 g/mol. The summed E-state index contributed by atoms with van der Waals surface area (Å²) >= 11 is 11.3. The second-order valence-corrected chi connectivity index (χ2v) is 8.19. The van der Waals surface area contributed by atoms with Crippen molar-refractivity contribution in [2.45, 2.75) is 19.9 Å². The SMILES string of the molecule is CCOc1ccc(C=C2CCn3c2nc2cc(NC(=O)C(Cl)=C(Cl)C(=O)O)ccc2c3=O)cc1. The van der Waals surface area contributed by atoms with Crippen LogP contribution in [0, 0.1) is 0 Å². The average Bonchev–Trinajstić information content (AvgIpc) is 3.22. The number of allylic oxidation sites excluding steroid dienone is 1. The third-order valence-electron chi connectivity index (χ3n) is 5.22. The van der Waals surface area contributed by atoms with Crippen molar-refractivity contribution in [3.8, 4) is 5.75 Å². The highest BCUT2D eigenvalue weighted by Gasteiger charge is 2.22. The van der Waals surface area contributed by atoms with Gasteiger partial charge in [-0.05, 0) is 60.9 Å². The fourth-order valence-corrected chi connectivity index (χ4v) is 3.85. The van der Waals surface area contributed by atoms with Gasteiger partial charge in [0.05, 0.1) is 17.5 Å². The zero-order valence-corrected chi connectivity index (χ0v) is 19.5. The first kappa shape index (κ1) is 23.5. The molecule has 3 aromatic rings. The van der Waals surface area contributed by atoms with E-state index in [2.05, 4.69) is 10.3 Å². The minimum Gasteiger partial charge on any atom is -0.494 e. The van der Waals surface area contributed by atoms with Crippen molar-refractivity contribution in [3.63, 3.8) is 0 Å². The summed E-state index contributed by atoms with van der Waals surface area (Å²) in [6, 6.07) is 12.2. The van der Waals surface area contributed by atoms with Gasteiger partial charge in [-0.25, -0.2) is 9.78 Å². The van der Waals surface area contributed by atoms with E-state index >= 15 is 0 Å². The number of carboxylic acids is 1. The highest BCUT2D eigenvalue weighted by molar-refractivity contribution is 6.54. The lowest BCUT2D eigenvalue weighted by atomic mass is 10.1. The fourth-order valence-electron chi connectivity index (χ4n) is 3.64. The number of fused-ring (bicyclic) bond motifs is 2. The first-order chi connectivity index (χ1) is 16.3. The number of amides is 1. The summed E-state index contributed by atoms with van der Waals surface area (Å²) in [6.07, 6.45) is 2.64. The molecule has 10 heteroatoms. The Kier molecular flexibility index (Phi) is 6.72. The molecule has 1 aromatic heterocycles. The van der Waals surface area contributed by atoms with E-state index in [0.29, 0.717) is 36.3 Å². The maximum atomic E-state index is 13.0. The Bertz CT molecular complexity index is 1430. The van der Waals surface area contributed by atoms with Crippen LogP contribution in [0.25, 0.3) is 22.6 Å². The van der Waals surface area contributed by atoms with Gasteiger partial charge in [-0.2, -0.15) is 0 Å². The number of hydrogen-bond acceptors (Lipinski definition) is 5. The Balaban J connectivity index is 1.68. The molecule has 8 nitrogen and oxygen atoms in total. The van der Waals surface area contributed by atoms with Crippen molar-refractivity contribution >= 4 is 63.3 Å². The number of ether oxygens (including phenoxy) is 1. The maximum absolute atomic E-state index is 13.0. The molecule has 0 fully saturated rings. The van der Waals surface area contributed by atoms with Gasteiger partial charge in [0, 0.05) is 12.2 Å². The molecule has 0 aliphatic carbocycles. The smallest absolute Gasteiger partial charge is 0.349 e. The van der Waals surface area contributed by atoms with Gasteiger partial charge in [-0.3, -0.25) is 14.2 Å². The van der Waals surface area contributed by atoms with Crippen molar-refractivity contribution in [1.29, 1.82) is 0 Å². The topological polar surface area (TPSA) is 111 Å². The lowest BCUT2D eigenvalue weighted by Crippen LogP contribution is -2.21. The van der Waals surface area contributed by atoms with Gasteiger partial charge >= 0.3 is 5.97 Å². The monoisotopic (exact) mass is 499 g/mol. The van der Waals surface area contributed by atoms with E-state index in [0.717, 1.165) is 16.9 Å². The molecule has 4 rings (SSSR count). The Morgan fingerprint density at radius 2 is 1.91 bits per heavy atom. The van der Waals surface area contributed by atoms with E-state index in [1.807, 2.05) is 37.3 Å². The van der Waals surface area contributed by atoms with E-state index in [9.17, 15) is 14.4 Å². The van der Waals surface area contributed by atoms with Crippen LogP contribution in [0.4, 0.5) is 5.69 Å². The zero-order chi connectivity index (χ0) is 24.4. The molecule has 0 atom stereocenters. The third-order valence-corrected chi connectivity index (χ3v) is 6.02. The fraction of sp³-hybridized carbons (Fsp3) is 0.167. The number of nitrogens with zero attached hydrogens (tertiary/aromatic N) is 2. The molecule has 2 heterocycles. The third kappa shape index (κ3) is 4.69. The van der Waals surface area contributed by atoms with Crippen LogP contribution < -0.4 is 15.6 Å². The Morgan fingerprint density at radius 3 is 2.59 bits per heavy atom. The number of carboxylic acid groups (broad SMARTS) is 1. The van der Waals surface area contributed by atoms with Crippen LogP contribution >= 0.6 is 23.2 Å². The molecule has 0 spiro atoms. The maximum Gasteiger partial charge on any atom is 0.349 e. The molecule has 0 saturated carbocycles. The molecule has 0 radical (unpaired) electrons. The molecule has 2 N–H and O–H groups in total. The summed E-state index contributed by atoms with van der Waals surface area (Å²) in [4.78, 5) is 40.8. The Hall–Kier alpha value is -3.62. The summed E-state index contributed by atoms with van der Waals surface area (Å²) in [7, 11) is 0. The predicted molar refractivity (Wildman–Crippen MR) is 131 cm³/mol. The summed E-state index contributed by atoms with van der Waals surface area (Å²) in [5.41, 5.74) is 2.37. The van der Waals surface area contributed by atoms with Crippen molar-refractivity contribution in [3.05, 3.63) is 74.3 Å². The van der Waals surface area contributed by atoms with Gasteiger partial charge in [-0.15, -0.1) is 0 Å². The first-order valence-corrected chi connectivity index (χ1v) is 11.1. The number of carbonyl (C=O) groups excluding carboxylic acids is 1. The number of aromatic nitrogens is 2. The number of nitrogens with one attached hydrogen (secondary N) is 1. The second-order valence-electron chi connectivity index (χ2n) is 7.43. The minimum absolute atomic E-state index is 0.181. The molecular formula is C24H19Cl2N3O5. The average molecular weight is 500 g/mol. The lowest BCUT2D eigenvalue weighted by Gasteiger charge is -2.09. The minimum atomic E-state index is -1.52. The highest BCUT2D eigenvalue weighted by atomic mass is 35.5. The predicted octanol–water partition coefficient (Wildman–Crippen LogP) is 4.45. The molecule has 174 valence electrons. The summed E-state index contributed by atoms with van der Waals surface area (Å²) in [5, 5.41) is 10.3. The molecule has 0 saturated heterocycles. The quantitative estimate of drug-likeness (QED) is 0.484. The van der Waals surface area contributed by atoms with Crippen molar-refractivity contribution in [1.82, 2.24) is 9.55 Å². The zero-order valence-electron chi connectivity index (χ0n) is 18.0. The Morgan fingerprint density at radius 1 is 1.18 bits per heavy atom. The Labute approximate surface area is 204 Å². The summed E-state index contributed by atoms with van der Waals surface area (Å²) in [6.45, 7) is 3.03. The number of rotatable bonds is 6.